The fourth-order valence-electron chi connectivity index (χ4n) is 1.85. The highest BCUT2D eigenvalue weighted by atomic mass is 16.5. The van der Waals surface area contributed by atoms with Crippen molar-refractivity contribution >= 4 is 0 Å². The van der Waals surface area contributed by atoms with Gasteiger partial charge in [-0.3, -0.25) is 0 Å². The summed E-state index contributed by atoms with van der Waals surface area (Å²) < 4.78 is 8.54. The highest BCUT2D eigenvalue weighted by molar-refractivity contribution is 4.93. The van der Waals surface area contributed by atoms with E-state index in [1.807, 2.05) is 10.9 Å². The zero-order valence-corrected chi connectivity index (χ0v) is 12.6. The molecule has 0 spiro atoms. The Hall–Kier alpha value is -1.87. The maximum absolute atomic E-state index is 4.97. The van der Waals surface area contributed by atoms with Crippen molar-refractivity contribution in [3.63, 3.8) is 0 Å². The number of aromatic nitrogens is 7. The number of nitrogens with zero attached hydrogens (tertiary/aromatic N) is 7. The molecule has 0 aliphatic heterocycles. The van der Waals surface area contributed by atoms with E-state index in [2.05, 4.69) is 38.1 Å². The van der Waals surface area contributed by atoms with E-state index >= 15 is 0 Å². The molecule has 0 saturated carbocycles. The highest BCUT2D eigenvalue weighted by Crippen LogP contribution is 2.00. The molecule has 0 aromatic carbocycles. The minimum Gasteiger partial charge on any atom is -0.383 e. The van der Waals surface area contributed by atoms with E-state index in [-0.39, 0.29) is 0 Å². The third-order valence-corrected chi connectivity index (χ3v) is 3.01. The molecule has 9 heteroatoms. The minimum absolute atomic E-state index is 0.530. The van der Waals surface area contributed by atoms with Gasteiger partial charge in [-0.2, -0.15) is 0 Å². The molecule has 1 N–H and O–H groups in total. The van der Waals surface area contributed by atoms with Crippen LogP contribution >= 0.6 is 0 Å². The van der Waals surface area contributed by atoms with Gasteiger partial charge in [0.25, 0.3) is 0 Å². The number of nitrogens with one attached hydrogen (secondary N) is 1. The van der Waals surface area contributed by atoms with Crippen molar-refractivity contribution in [3.05, 3.63) is 17.7 Å². The third-order valence-electron chi connectivity index (χ3n) is 3.01. The average Bonchev–Trinajstić information content (AvgIpc) is 3.11. The van der Waals surface area contributed by atoms with Gasteiger partial charge < -0.3 is 10.1 Å². The Bertz CT molecular complexity index is 523. The molecule has 2 aromatic heterocycles. The molecule has 2 heterocycles. The lowest BCUT2D eigenvalue weighted by molar-refractivity contribution is 0.199. The topological polar surface area (TPSA) is 95.6 Å². The van der Waals surface area contributed by atoms with E-state index in [1.165, 1.54) is 0 Å². The van der Waals surface area contributed by atoms with Crippen LogP contribution in [0.1, 0.15) is 31.3 Å². The summed E-state index contributed by atoms with van der Waals surface area (Å²) in [5.41, 5.74) is 0.888. The Kier molecular flexibility index (Phi) is 6.22. The molecule has 0 aliphatic carbocycles. The Morgan fingerprint density at radius 3 is 3.00 bits per heavy atom. The first-order valence-corrected chi connectivity index (χ1v) is 7.17. The zero-order chi connectivity index (χ0) is 14.9. The smallest absolute Gasteiger partial charge is 0.172 e. The summed E-state index contributed by atoms with van der Waals surface area (Å²) in [5, 5.41) is 23.2. The molecule has 0 saturated heterocycles. The molecule has 0 aliphatic rings. The highest BCUT2D eigenvalue weighted by Gasteiger charge is 2.08. The molecule has 0 fully saturated rings. The number of hydrogen-bond acceptors (Lipinski definition) is 7. The maximum Gasteiger partial charge on any atom is 0.172 e. The molecule has 0 bridgehead atoms. The molecule has 0 amide bonds. The molecule has 116 valence electrons. The Labute approximate surface area is 123 Å². The predicted molar refractivity (Wildman–Crippen MR) is 75.4 cm³/mol. The van der Waals surface area contributed by atoms with Crippen LogP contribution in [0.15, 0.2) is 6.20 Å². The lowest BCUT2D eigenvalue weighted by atomic mass is 10.3. The SMILES string of the molecule is CCCCn1nnnc1Cn1cc(CNCCOC)nn1. The Morgan fingerprint density at radius 1 is 1.29 bits per heavy atom. The number of rotatable bonds is 10. The fraction of sp³-hybridized carbons (Fsp3) is 0.750. The number of methoxy groups -OCH3 is 1. The summed E-state index contributed by atoms with van der Waals surface area (Å²) in [5.74, 6) is 0.798. The summed E-state index contributed by atoms with van der Waals surface area (Å²) in [6.45, 7) is 5.65. The summed E-state index contributed by atoms with van der Waals surface area (Å²) in [4.78, 5) is 0. The van der Waals surface area contributed by atoms with Crippen LogP contribution < -0.4 is 5.32 Å². The van der Waals surface area contributed by atoms with Gasteiger partial charge in [-0.1, -0.05) is 18.6 Å². The van der Waals surface area contributed by atoms with Gasteiger partial charge in [0.05, 0.1) is 18.5 Å². The summed E-state index contributed by atoms with van der Waals surface area (Å²) in [6, 6.07) is 0. The van der Waals surface area contributed by atoms with Crippen LogP contribution in [0.2, 0.25) is 0 Å². The molecule has 2 aromatic rings. The molecule has 0 unspecified atom stereocenters. The maximum atomic E-state index is 4.97. The fourth-order valence-corrected chi connectivity index (χ4v) is 1.85. The molecular weight excluding hydrogens is 272 g/mol. The van der Waals surface area contributed by atoms with Crippen LogP contribution in [0, 0.1) is 0 Å². The summed E-state index contributed by atoms with van der Waals surface area (Å²) >= 11 is 0. The first kappa shape index (κ1) is 15.5. The van der Waals surface area contributed by atoms with Crippen LogP contribution in [0.25, 0.3) is 0 Å². The summed E-state index contributed by atoms with van der Waals surface area (Å²) in [7, 11) is 1.68. The third kappa shape index (κ3) is 4.87. The molecule has 9 nitrogen and oxygen atoms in total. The molecular formula is C12H22N8O. The standard InChI is InChI=1S/C12H22N8O/c1-3-4-6-20-12(15-16-18-20)10-19-9-11(14-17-19)8-13-5-7-21-2/h9,13H,3-8,10H2,1-2H3. The van der Waals surface area contributed by atoms with Gasteiger partial charge in [-0.25, -0.2) is 9.36 Å². The predicted octanol–water partition coefficient (Wildman–Crippen LogP) is -0.151. The van der Waals surface area contributed by atoms with E-state index in [9.17, 15) is 0 Å². The van der Waals surface area contributed by atoms with Gasteiger partial charge in [-0.05, 0) is 16.8 Å². The van der Waals surface area contributed by atoms with Gasteiger partial charge in [0.15, 0.2) is 5.82 Å². The van der Waals surface area contributed by atoms with Crippen LogP contribution in [-0.2, 0) is 24.4 Å². The molecule has 2 rings (SSSR count). The van der Waals surface area contributed by atoms with Crippen LogP contribution in [-0.4, -0.2) is 55.5 Å². The van der Waals surface area contributed by atoms with Crippen molar-refractivity contribution in [1.82, 2.24) is 40.5 Å². The number of tetrazole rings is 1. The van der Waals surface area contributed by atoms with E-state index < -0.39 is 0 Å². The minimum atomic E-state index is 0.530. The van der Waals surface area contributed by atoms with Gasteiger partial charge in [0, 0.05) is 26.7 Å². The van der Waals surface area contributed by atoms with Crippen LogP contribution in [0.5, 0.6) is 0 Å². The first-order chi connectivity index (χ1) is 10.3. The normalized spacial score (nSPS) is 11.1. The average molecular weight is 294 g/mol. The Balaban J connectivity index is 1.86. The van der Waals surface area contributed by atoms with Crippen molar-refractivity contribution in [3.8, 4) is 0 Å². The van der Waals surface area contributed by atoms with Gasteiger partial charge in [-0.15, -0.1) is 10.2 Å². The lowest BCUT2D eigenvalue weighted by Gasteiger charge is -2.03. The number of aryl methyl sites for hydroxylation is 1. The second kappa shape index (κ2) is 8.42. The van der Waals surface area contributed by atoms with Gasteiger partial charge >= 0.3 is 0 Å². The number of hydrogen-bond donors (Lipinski definition) is 1. The number of ether oxygens (including phenoxy) is 1. The van der Waals surface area contributed by atoms with Crippen LogP contribution in [0.4, 0.5) is 0 Å². The lowest BCUT2D eigenvalue weighted by Crippen LogP contribution is -2.18. The van der Waals surface area contributed by atoms with Crippen molar-refractivity contribution < 1.29 is 4.74 Å². The van der Waals surface area contributed by atoms with Crippen molar-refractivity contribution in [2.24, 2.45) is 0 Å². The molecule has 0 atom stereocenters. The summed E-state index contributed by atoms with van der Waals surface area (Å²) in [6.07, 6.45) is 4.07. The largest absolute Gasteiger partial charge is 0.383 e. The van der Waals surface area contributed by atoms with Crippen molar-refractivity contribution in [1.29, 1.82) is 0 Å². The monoisotopic (exact) mass is 294 g/mol. The first-order valence-electron chi connectivity index (χ1n) is 7.17. The van der Waals surface area contributed by atoms with Crippen molar-refractivity contribution in [2.75, 3.05) is 20.3 Å². The zero-order valence-electron chi connectivity index (χ0n) is 12.6. The van der Waals surface area contributed by atoms with Gasteiger partial charge in [0.2, 0.25) is 0 Å². The van der Waals surface area contributed by atoms with Crippen molar-refractivity contribution in [2.45, 2.75) is 39.4 Å². The van der Waals surface area contributed by atoms with E-state index in [0.29, 0.717) is 19.7 Å². The second-order valence-electron chi connectivity index (χ2n) is 4.75. The van der Waals surface area contributed by atoms with E-state index in [4.69, 9.17) is 4.74 Å². The molecule has 21 heavy (non-hydrogen) atoms. The Morgan fingerprint density at radius 2 is 2.19 bits per heavy atom. The number of unbranched alkanes of at least 4 members (excludes halogenated alkanes) is 1. The van der Waals surface area contributed by atoms with Gasteiger partial charge in [0.1, 0.15) is 6.54 Å². The van der Waals surface area contributed by atoms with E-state index in [0.717, 1.165) is 37.4 Å². The van der Waals surface area contributed by atoms with E-state index in [1.54, 1.807) is 11.8 Å². The second-order valence-corrected chi connectivity index (χ2v) is 4.75. The van der Waals surface area contributed by atoms with Crippen LogP contribution in [0.3, 0.4) is 0 Å². The molecule has 0 radical (unpaired) electrons. The quantitative estimate of drug-likeness (QED) is 0.609.